The van der Waals surface area contributed by atoms with Gasteiger partial charge >= 0.3 is 53.7 Å². The summed E-state index contributed by atoms with van der Waals surface area (Å²) < 4.78 is 94.1. The Balaban J connectivity index is 1.88. The van der Waals surface area contributed by atoms with Crippen LogP contribution in [0.1, 0.15) is 84.7 Å². The second-order valence-electron chi connectivity index (χ2n) is 23.3. The summed E-state index contributed by atoms with van der Waals surface area (Å²) >= 11 is 18.5. The molecular weight excluding hydrogens is 1340 g/mol. The standard InChI is InChI=1S/C61H81Cl3N2O28Si/c1-13-79-54(75)31(2)81-28-42-47(74)50(46(66-58(77)61(62,63)64)56(90-42)80-24-25-95(10,11)12)92-57-53(89-38(9)73)52(49(88-37(8)72)44(91-57)30-83-55(76)40-22-18-15-19-23-40)94-60(59(78)84-27-39-20-16-14-17-21-39)26-41(85-34(5)69)45(65-32(3)67)51(93-60)48(87-36(7)71)43(86-35(6)70)29-82-33(4)68/h14-23,31,41-53,56-57,74H,13,24-30H2,1-12H3,(H,65,67)(H,66,77)/t31-,41-,42+,43+,44+,45+,46+,47-,48+,49-,50+,51+,52-,53+,56+,57-,60-/m0/s1. The van der Waals surface area contributed by atoms with E-state index < -0.39 is 214 Å². The van der Waals surface area contributed by atoms with Gasteiger partial charge in [0.1, 0.15) is 68.6 Å². The molecule has 3 N–H and O–H groups in total. The van der Waals surface area contributed by atoms with E-state index in [2.05, 4.69) is 10.6 Å². The molecule has 5 rings (SSSR count). The number of halogens is 3. The third kappa shape index (κ3) is 24.2. The van der Waals surface area contributed by atoms with E-state index >= 15 is 4.79 Å². The van der Waals surface area contributed by atoms with Crippen LogP contribution in [0.3, 0.4) is 0 Å². The Morgan fingerprint density at radius 2 is 1.27 bits per heavy atom. The fourth-order valence-corrected chi connectivity index (χ4v) is 11.0. The highest BCUT2D eigenvalue weighted by Gasteiger charge is 2.64. The Morgan fingerprint density at radius 3 is 1.83 bits per heavy atom. The van der Waals surface area contributed by atoms with Crippen LogP contribution in [0.25, 0.3) is 0 Å². The highest BCUT2D eigenvalue weighted by atomic mass is 35.6. The fraction of sp³-hybridized carbons (Fsp3) is 0.623. The molecule has 3 heterocycles. The number of ether oxygens (including phenoxy) is 16. The second-order valence-corrected chi connectivity index (χ2v) is 31.2. The predicted molar refractivity (Wildman–Crippen MR) is 329 cm³/mol. The Bertz CT molecular complexity index is 2980. The molecule has 0 spiro atoms. The maximum Gasteiger partial charge on any atom is 0.367 e. The van der Waals surface area contributed by atoms with Gasteiger partial charge in [0.2, 0.25) is 5.91 Å². The maximum atomic E-state index is 15.8. The van der Waals surface area contributed by atoms with Gasteiger partial charge in [-0.2, -0.15) is 0 Å². The average molecular weight is 1420 g/mol. The van der Waals surface area contributed by atoms with Crippen LogP contribution in [0.5, 0.6) is 0 Å². The van der Waals surface area contributed by atoms with Crippen LogP contribution >= 0.6 is 34.8 Å². The molecule has 2 aromatic carbocycles. The van der Waals surface area contributed by atoms with E-state index in [-0.39, 0.29) is 18.8 Å². The summed E-state index contributed by atoms with van der Waals surface area (Å²) in [6.45, 7) is 12.4. The van der Waals surface area contributed by atoms with Crippen molar-refractivity contribution >= 4 is 108 Å². The minimum absolute atomic E-state index is 0.00982. The second kappa shape index (κ2) is 36.1. The zero-order valence-electron chi connectivity index (χ0n) is 54.3. The highest BCUT2D eigenvalue weighted by molar-refractivity contribution is 6.76. The van der Waals surface area contributed by atoms with Gasteiger partial charge in [0, 0.05) is 63.1 Å². The van der Waals surface area contributed by atoms with E-state index in [4.69, 9.17) is 111 Å². The molecule has 528 valence electrons. The van der Waals surface area contributed by atoms with E-state index in [1.54, 1.807) is 43.3 Å². The van der Waals surface area contributed by atoms with E-state index in [9.17, 15) is 53.1 Å². The molecule has 0 unspecified atom stereocenters. The molecule has 2 amide bonds. The number of carbonyl (C=O) groups is 11. The molecule has 3 saturated heterocycles. The molecule has 95 heavy (non-hydrogen) atoms. The lowest BCUT2D eigenvalue weighted by atomic mass is 9.87. The summed E-state index contributed by atoms with van der Waals surface area (Å²) in [6, 6.07) is 12.3. The number of hydrogen-bond donors (Lipinski definition) is 3. The first-order valence-corrected chi connectivity index (χ1v) is 34.8. The molecule has 30 nitrogen and oxygen atoms in total. The zero-order valence-corrected chi connectivity index (χ0v) is 57.5. The molecule has 2 aromatic rings. The third-order valence-electron chi connectivity index (χ3n) is 14.2. The van der Waals surface area contributed by atoms with Crippen molar-refractivity contribution in [3.05, 3.63) is 71.8 Å². The van der Waals surface area contributed by atoms with Gasteiger partial charge < -0.3 is 91.5 Å². The van der Waals surface area contributed by atoms with E-state index in [0.29, 0.717) is 11.6 Å². The largest absolute Gasteiger partial charge is 0.464 e. The Hall–Kier alpha value is -6.62. The topological polar surface area (TPSA) is 380 Å². The molecule has 17 atom stereocenters. The van der Waals surface area contributed by atoms with Crippen molar-refractivity contribution in [3.63, 3.8) is 0 Å². The number of hydrogen-bond acceptors (Lipinski definition) is 28. The van der Waals surface area contributed by atoms with Crippen molar-refractivity contribution in [1.82, 2.24) is 10.6 Å². The van der Waals surface area contributed by atoms with Gasteiger partial charge in [-0.25, -0.2) is 14.4 Å². The first-order chi connectivity index (χ1) is 44.5. The number of amides is 2. The number of carbonyl (C=O) groups excluding carboxylic acids is 11. The number of esters is 9. The summed E-state index contributed by atoms with van der Waals surface area (Å²) in [5.41, 5.74) is 0.332. The molecule has 0 saturated carbocycles. The minimum atomic E-state index is -3.27. The van der Waals surface area contributed by atoms with Crippen molar-refractivity contribution in [2.24, 2.45) is 0 Å². The van der Waals surface area contributed by atoms with Crippen molar-refractivity contribution in [2.45, 2.75) is 209 Å². The molecule has 0 aliphatic carbocycles. The van der Waals surface area contributed by atoms with Gasteiger partial charge in [-0.1, -0.05) is 103 Å². The number of aliphatic hydroxyl groups excluding tert-OH is 1. The van der Waals surface area contributed by atoms with Gasteiger partial charge in [-0.3, -0.25) is 38.4 Å². The maximum absolute atomic E-state index is 15.8. The molecular formula is C61H81Cl3N2O28Si. The van der Waals surface area contributed by atoms with Crippen LogP contribution in [-0.2, 0) is 130 Å². The van der Waals surface area contributed by atoms with Crippen molar-refractivity contribution in [3.8, 4) is 0 Å². The molecule has 34 heteroatoms. The van der Waals surface area contributed by atoms with E-state index in [0.717, 1.165) is 48.5 Å². The van der Waals surface area contributed by atoms with Crippen molar-refractivity contribution < 1.29 is 134 Å². The molecule has 3 aliphatic rings. The highest BCUT2D eigenvalue weighted by Crippen LogP contribution is 2.43. The molecule has 0 radical (unpaired) electrons. The first-order valence-electron chi connectivity index (χ1n) is 30.0. The monoisotopic (exact) mass is 1420 g/mol. The van der Waals surface area contributed by atoms with Crippen LogP contribution in [0, 0.1) is 0 Å². The van der Waals surface area contributed by atoms with Crippen LogP contribution in [0.15, 0.2) is 60.7 Å². The fourth-order valence-electron chi connectivity index (χ4n) is 10.1. The number of rotatable bonds is 30. The summed E-state index contributed by atoms with van der Waals surface area (Å²) in [6.07, 6.45) is -28.9. The molecule has 3 aliphatic heterocycles. The quantitative estimate of drug-likeness (QED) is 0.0435. The molecule has 0 bridgehead atoms. The van der Waals surface area contributed by atoms with Crippen molar-refractivity contribution in [2.75, 3.05) is 33.0 Å². The van der Waals surface area contributed by atoms with Crippen molar-refractivity contribution in [1.29, 1.82) is 0 Å². The zero-order chi connectivity index (χ0) is 70.7. The summed E-state index contributed by atoms with van der Waals surface area (Å²) in [5.74, 6) is -15.4. The Kier molecular flexibility index (Phi) is 30.0. The van der Waals surface area contributed by atoms with Gasteiger partial charge in [0.05, 0.1) is 31.2 Å². The Labute approximate surface area is 563 Å². The predicted octanol–water partition coefficient (Wildman–Crippen LogP) is 3.56. The molecule has 3 fully saturated rings. The van der Waals surface area contributed by atoms with Gasteiger partial charge in [-0.15, -0.1) is 0 Å². The van der Waals surface area contributed by atoms with Gasteiger partial charge in [0.15, 0.2) is 43.1 Å². The van der Waals surface area contributed by atoms with Gasteiger partial charge in [-0.05, 0) is 37.6 Å². The smallest absolute Gasteiger partial charge is 0.367 e. The number of aliphatic hydroxyl groups is 1. The Morgan fingerprint density at radius 1 is 0.674 bits per heavy atom. The van der Waals surface area contributed by atoms with E-state index in [1.165, 1.54) is 31.2 Å². The van der Waals surface area contributed by atoms with Crippen LogP contribution in [0.4, 0.5) is 0 Å². The SMILES string of the molecule is CCOC(=O)[C@H](C)OC[C@H]1O[C@@H](OCC[Si](C)(C)C)[C@H](NC(=O)C(Cl)(Cl)Cl)[C@@H](O[C@@H]2O[C@H](COC(=O)c3ccccc3)[C@H](OC(C)=O)[C@H](O[C@]3(C(=O)OCc4ccccc4)C[C@H](OC(C)=O)[C@@H](NC(C)=O)[C@H]([C@H](OC(C)=O)[C@@H](COC(C)=O)OC(C)=O)O3)[C@H]2OC(C)=O)[C@H]1O. The summed E-state index contributed by atoms with van der Waals surface area (Å²) in [7, 11) is -1.96. The third-order valence-corrected chi connectivity index (χ3v) is 16.4. The summed E-state index contributed by atoms with van der Waals surface area (Å²) in [4.78, 5) is 149. The lowest BCUT2D eigenvalue weighted by Gasteiger charge is -2.52. The average Bonchev–Trinajstić information content (AvgIpc) is 0.744. The van der Waals surface area contributed by atoms with E-state index in [1.807, 2.05) is 19.6 Å². The van der Waals surface area contributed by atoms with Crippen LogP contribution in [-0.4, -0.2) is 219 Å². The number of benzene rings is 2. The minimum Gasteiger partial charge on any atom is -0.464 e. The molecule has 0 aromatic heterocycles. The number of nitrogens with one attached hydrogen (secondary N) is 2. The van der Waals surface area contributed by atoms with Crippen LogP contribution < -0.4 is 10.6 Å². The lowest BCUT2D eigenvalue weighted by Crippen LogP contribution is -2.72. The lowest BCUT2D eigenvalue weighted by molar-refractivity contribution is -0.382. The van der Waals surface area contributed by atoms with Gasteiger partial charge in [0.25, 0.3) is 15.5 Å². The first kappa shape index (κ1) is 79.1. The van der Waals surface area contributed by atoms with Crippen LogP contribution in [0.2, 0.25) is 25.7 Å². The number of alkyl halides is 3. The summed E-state index contributed by atoms with van der Waals surface area (Å²) in [5, 5.41) is 17.7. The normalized spacial score (nSPS) is 26.9.